The molecule has 0 aliphatic carbocycles. The maximum Gasteiger partial charge on any atom is 0.309 e. The Balaban J connectivity index is 2.71. The Hall–Kier alpha value is -1.25. The first-order chi connectivity index (χ1) is 7.04. The SMILES string of the molecule is COC(=O)C(Cc1ccc(C)o1)C(C)C. The fraction of sp³-hybridized carbons (Fsp3) is 0.583. The minimum absolute atomic E-state index is 0.124. The van der Waals surface area contributed by atoms with Crippen molar-refractivity contribution in [3.63, 3.8) is 0 Å². The molecule has 0 aliphatic rings. The van der Waals surface area contributed by atoms with Gasteiger partial charge in [0.25, 0.3) is 0 Å². The van der Waals surface area contributed by atoms with E-state index in [2.05, 4.69) is 0 Å². The Kier molecular flexibility index (Phi) is 3.95. The highest BCUT2D eigenvalue weighted by Gasteiger charge is 2.24. The van der Waals surface area contributed by atoms with Gasteiger partial charge in [-0.15, -0.1) is 0 Å². The van der Waals surface area contributed by atoms with Crippen molar-refractivity contribution in [2.45, 2.75) is 27.2 Å². The highest BCUT2D eigenvalue weighted by atomic mass is 16.5. The molecule has 0 aliphatic heterocycles. The van der Waals surface area contributed by atoms with Crippen molar-refractivity contribution < 1.29 is 13.9 Å². The van der Waals surface area contributed by atoms with E-state index in [-0.39, 0.29) is 17.8 Å². The van der Waals surface area contributed by atoms with Crippen LogP contribution in [0.4, 0.5) is 0 Å². The van der Waals surface area contributed by atoms with Gasteiger partial charge in [0.15, 0.2) is 0 Å². The lowest BCUT2D eigenvalue weighted by molar-refractivity contribution is -0.147. The van der Waals surface area contributed by atoms with Crippen LogP contribution in [0.25, 0.3) is 0 Å². The molecular weight excluding hydrogens is 192 g/mol. The van der Waals surface area contributed by atoms with Crippen molar-refractivity contribution >= 4 is 5.97 Å². The average molecular weight is 210 g/mol. The Bertz CT molecular complexity index is 325. The second-order valence-corrected chi connectivity index (χ2v) is 4.09. The molecule has 3 heteroatoms. The quantitative estimate of drug-likeness (QED) is 0.717. The first-order valence-corrected chi connectivity index (χ1v) is 5.17. The van der Waals surface area contributed by atoms with Crippen molar-refractivity contribution in [1.82, 2.24) is 0 Å². The molecule has 84 valence electrons. The van der Waals surface area contributed by atoms with E-state index in [1.165, 1.54) is 7.11 Å². The number of hydrogen-bond acceptors (Lipinski definition) is 3. The lowest BCUT2D eigenvalue weighted by Crippen LogP contribution is -2.23. The van der Waals surface area contributed by atoms with Gasteiger partial charge in [0.05, 0.1) is 13.0 Å². The van der Waals surface area contributed by atoms with Crippen LogP contribution in [0.15, 0.2) is 16.5 Å². The number of aryl methyl sites for hydroxylation is 1. The minimum atomic E-state index is -0.168. The van der Waals surface area contributed by atoms with E-state index >= 15 is 0 Å². The molecule has 15 heavy (non-hydrogen) atoms. The monoisotopic (exact) mass is 210 g/mol. The van der Waals surface area contributed by atoms with Gasteiger partial charge in [0.1, 0.15) is 11.5 Å². The lowest BCUT2D eigenvalue weighted by Gasteiger charge is -2.16. The van der Waals surface area contributed by atoms with Crippen LogP contribution in [-0.2, 0) is 16.0 Å². The molecule has 0 amide bonds. The minimum Gasteiger partial charge on any atom is -0.469 e. The summed E-state index contributed by atoms with van der Waals surface area (Å²) in [6.45, 7) is 5.92. The molecule has 0 fully saturated rings. The van der Waals surface area contributed by atoms with Gasteiger partial charge in [-0.1, -0.05) is 13.8 Å². The third-order valence-corrected chi connectivity index (χ3v) is 2.53. The highest BCUT2D eigenvalue weighted by molar-refractivity contribution is 5.72. The van der Waals surface area contributed by atoms with Crippen LogP contribution in [0, 0.1) is 18.8 Å². The first-order valence-electron chi connectivity index (χ1n) is 5.17. The number of furan rings is 1. The van der Waals surface area contributed by atoms with E-state index in [0.717, 1.165) is 11.5 Å². The summed E-state index contributed by atoms with van der Waals surface area (Å²) in [5.41, 5.74) is 0. The molecule has 0 saturated heterocycles. The van der Waals surface area contributed by atoms with Crippen molar-refractivity contribution in [2.24, 2.45) is 11.8 Å². The van der Waals surface area contributed by atoms with Crippen LogP contribution < -0.4 is 0 Å². The molecular formula is C12H18O3. The van der Waals surface area contributed by atoms with E-state index in [9.17, 15) is 4.79 Å². The second kappa shape index (κ2) is 5.01. The Labute approximate surface area is 90.4 Å². The fourth-order valence-corrected chi connectivity index (χ4v) is 1.55. The predicted octanol–water partition coefficient (Wildman–Crippen LogP) is 2.58. The largest absolute Gasteiger partial charge is 0.469 e. The molecule has 0 N–H and O–H groups in total. The van der Waals surface area contributed by atoms with Gasteiger partial charge in [-0.2, -0.15) is 0 Å². The molecule has 1 aromatic heterocycles. The molecule has 0 bridgehead atoms. The van der Waals surface area contributed by atoms with Crippen LogP contribution in [0.2, 0.25) is 0 Å². The topological polar surface area (TPSA) is 39.4 Å². The maximum atomic E-state index is 11.5. The van der Waals surface area contributed by atoms with Gasteiger partial charge >= 0.3 is 5.97 Å². The van der Waals surface area contributed by atoms with E-state index in [1.807, 2.05) is 32.9 Å². The summed E-state index contributed by atoms with van der Waals surface area (Å²) in [5.74, 6) is 1.68. The summed E-state index contributed by atoms with van der Waals surface area (Å²) in [4.78, 5) is 11.5. The van der Waals surface area contributed by atoms with Crippen molar-refractivity contribution in [3.8, 4) is 0 Å². The Morgan fingerprint density at radius 1 is 1.47 bits per heavy atom. The summed E-state index contributed by atoms with van der Waals surface area (Å²) in [6, 6.07) is 3.82. The third-order valence-electron chi connectivity index (χ3n) is 2.53. The van der Waals surface area contributed by atoms with Gasteiger partial charge in [0.2, 0.25) is 0 Å². The molecule has 1 unspecified atom stereocenters. The van der Waals surface area contributed by atoms with E-state index < -0.39 is 0 Å². The van der Waals surface area contributed by atoms with Gasteiger partial charge < -0.3 is 9.15 Å². The number of ether oxygens (including phenoxy) is 1. The molecule has 0 aromatic carbocycles. The molecule has 0 spiro atoms. The standard InChI is InChI=1S/C12H18O3/c1-8(2)11(12(13)14-4)7-10-6-5-9(3)15-10/h5-6,8,11H,7H2,1-4H3. The third kappa shape index (κ3) is 3.11. The molecule has 1 atom stereocenters. The van der Waals surface area contributed by atoms with Crippen molar-refractivity contribution in [2.75, 3.05) is 7.11 Å². The maximum absolute atomic E-state index is 11.5. The molecule has 3 nitrogen and oxygen atoms in total. The molecule has 1 rings (SSSR count). The normalized spacial score (nSPS) is 12.9. The highest BCUT2D eigenvalue weighted by Crippen LogP contribution is 2.20. The number of methoxy groups -OCH3 is 1. The number of esters is 1. The number of rotatable bonds is 4. The van der Waals surface area contributed by atoms with Crippen LogP contribution in [0.5, 0.6) is 0 Å². The molecule has 0 radical (unpaired) electrons. The van der Waals surface area contributed by atoms with Gasteiger partial charge in [-0.05, 0) is 25.0 Å². The summed E-state index contributed by atoms with van der Waals surface area (Å²) < 4.78 is 10.2. The zero-order valence-electron chi connectivity index (χ0n) is 9.74. The van der Waals surface area contributed by atoms with Gasteiger partial charge in [-0.25, -0.2) is 0 Å². The van der Waals surface area contributed by atoms with Gasteiger partial charge in [0, 0.05) is 6.42 Å². The Morgan fingerprint density at radius 2 is 2.13 bits per heavy atom. The first kappa shape index (κ1) is 11.8. The molecule has 0 saturated carbocycles. The van der Waals surface area contributed by atoms with E-state index in [1.54, 1.807) is 0 Å². The zero-order chi connectivity index (χ0) is 11.4. The van der Waals surface area contributed by atoms with Crippen LogP contribution in [-0.4, -0.2) is 13.1 Å². The molecule has 1 heterocycles. The number of carbonyl (C=O) groups is 1. The summed E-state index contributed by atoms with van der Waals surface area (Å²) >= 11 is 0. The van der Waals surface area contributed by atoms with E-state index in [0.29, 0.717) is 6.42 Å². The van der Waals surface area contributed by atoms with Crippen LogP contribution in [0.1, 0.15) is 25.4 Å². The van der Waals surface area contributed by atoms with Gasteiger partial charge in [-0.3, -0.25) is 4.79 Å². The summed E-state index contributed by atoms with van der Waals surface area (Å²) in [6.07, 6.45) is 0.609. The number of hydrogen-bond donors (Lipinski definition) is 0. The summed E-state index contributed by atoms with van der Waals surface area (Å²) in [7, 11) is 1.42. The fourth-order valence-electron chi connectivity index (χ4n) is 1.55. The average Bonchev–Trinajstić information content (AvgIpc) is 2.59. The van der Waals surface area contributed by atoms with Crippen molar-refractivity contribution in [1.29, 1.82) is 0 Å². The van der Waals surface area contributed by atoms with E-state index in [4.69, 9.17) is 9.15 Å². The van der Waals surface area contributed by atoms with Crippen molar-refractivity contribution in [3.05, 3.63) is 23.7 Å². The second-order valence-electron chi connectivity index (χ2n) is 4.09. The number of carbonyl (C=O) groups excluding carboxylic acids is 1. The van der Waals surface area contributed by atoms with Crippen LogP contribution >= 0.6 is 0 Å². The zero-order valence-corrected chi connectivity index (χ0v) is 9.74. The van der Waals surface area contributed by atoms with Crippen LogP contribution in [0.3, 0.4) is 0 Å². The lowest BCUT2D eigenvalue weighted by atomic mass is 9.92. The molecule has 1 aromatic rings. The predicted molar refractivity (Wildman–Crippen MR) is 57.5 cm³/mol. The summed E-state index contributed by atoms with van der Waals surface area (Å²) in [5, 5.41) is 0. The smallest absolute Gasteiger partial charge is 0.309 e. The Morgan fingerprint density at radius 3 is 2.53 bits per heavy atom.